The van der Waals surface area contributed by atoms with Gasteiger partial charge in [0, 0.05) is 12.2 Å². The summed E-state index contributed by atoms with van der Waals surface area (Å²) in [4.78, 5) is 8.76. The number of imidazole rings is 1. The highest BCUT2D eigenvalue weighted by molar-refractivity contribution is 5.10. The first-order valence-corrected chi connectivity index (χ1v) is 5.69. The number of hydrogen-bond donors (Lipinski definition) is 1. The molecule has 0 unspecified atom stereocenters. The average Bonchev–Trinajstić information content (AvgIpc) is 2.73. The highest BCUT2D eigenvalue weighted by atomic mass is 16.4. The smallest absolute Gasteiger partial charge is 0.214 e. The summed E-state index contributed by atoms with van der Waals surface area (Å²) < 4.78 is 7.56. The summed E-state index contributed by atoms with van der Waals surface area (Å²) in [7, 11) is 0. The molecular formula is C12H18N4O. The maximum atomic E-state index is 5.80. The second kappa shape index (κ2) is 4.33. The number of nitrogens with two attached hydrogens (primary N) is 1. The molecule has 0 amide bonds. The van der Waals surface area contributed by atoms with E-state index in [1.807, 2.05) is 38.5 Å². The van der Waals surface area contributed by atoms with Gasteiger partial charge < -0.3 is 14.7 Å². The van der Waals surface area contributed by atoms with Crippen LogP contribution < -0.4 is 5.73 Å². The van der Waals surface area contributed by atoms with E-state index in [0.717, 1.165) is 23.0 Å². The molecule has 0 saturated carbocycles. The topological polar surface area (TPSA) is 69.9 Å². The molecule has 1 atom stereocenters. The van der Waals surface area contributed by atoms with Crippen molar-refractivity contribution in [2.24, 2.45) is 5.73 Å². The summed E-state index contributed by atoms with van der Waals surface area (Å²) in [5.74, 6) is 2.49. The molecule has 2 aromatic heterocycles. The number of rotatable bonds is 3. The molecule has 0 spiro atoms. The van der Waals surface area contributed by atoms with Gasteiger partial charge in [-0.05, 0) is 27.7 Å². The summed E-state index contributed by atoms with van der Waals surface area (Å²) >= 11 is 0. The van der Waals surface area contributed by atoms with Crippen molar-refractivity contribution in [1.29, 1.82) is 0 Å². The van der Waals surface area contributed by atoms with Crippen LogP contribution in [0, 0.1) is 20.8 Å². The molecular weight excluding hydrogens is 216 g/mol. The molecule has 92 valence electrons. The molecule has 0 aliphatic rings. The van der Waals surface area contributed by atoms with E-state index in [0.29, 0.717) is 12.4 Å². The third-order valence-corrected chi connectivity index (χ3v) is 2.84. The Bertz CT molecular complexity index is 505. The Morgan fingerprint density at radius 3 is 2.53 bits per heavy atom. The van der Waals surface area contributed by atoms with Crippen molar-refractivity contribution in [3.05, 3.63) is 35.1 Å². The van der Waals surface area contributed by atoms with Crippen LogP contribution in [0.2, 0.25) is 0 Å². The molecule has 0 bridgehead atoms. The lowest BCUT2D eigenvalue weighted by Gasteiger charge is -2.00. The standard InChI is InChI=1S/C12H18N4O/c1-7(13)11-5-16(10(4)15-11)6-12-14-8(2)9(3)17-12/h5,7H,6,13H2,1-4H3/t7-/m0/s1. The fourth-order valence-electron chi connectivity index (χ4n) is 1.66. The third-order valence-electron chi connectivity index (χ3n) is 2.84. The SMILES string of the molecule is Cc1nc(Cn2cc([C@H](C)N)nc2C)oc1C. The summed E-state index contributed by atoms with van der Waals surface area (Å²) in [6.45, 7) is 8.33. The Hall–Kier alpha value is -1.62. The number of hydrogen-bond acceptors (Lipinski definition) is 4. The van der Waals surface area contributed by atoms with Crippen LogP contribution in [0.25, 0.3) is 0 Å². The van der Waals surface area contributed by atoms with Crippen molar-refractivity contribution >= 4 is 0 Å². The largest absolute Gasteiger partial charge is 0.444 e. The van der Waals surface area contributed by atoms with E-state index in [1.165, 1.54) is 0 Å². The lowest BCUT2D eigenvalue weighted by molar-refractivity contribution is 0.454. The molecule has 2 N–H and O–H groups in total. The van der Waals surface area contributed by atoms with Gasteiger partial charge in [0.25, 0.3) is 0 Å². The fourth-order valence-corrected chi connectivity index (χ4v) is 1.66. The zero-order valence-electron chi connectivity index (χ0n) is 10.7. The first-order valence-electron chi connectivity index (χ1n) is 5.69. The van der Waals surface area contributed by atoms with Gasteiger partial charge in [0.15, 0.2) is 0 Å². The van der Waals surface area contributed by atoms with Crippen molar-refractivity contribution in [3.8, 4) is 0 Å². The summed E-state index contributed by atoms with van der Waals surface area (Å²) in [6.07, 6.45) is 1.95. The quantitative estimate of drug-likeness (QED) is 0.880. The van der Waals surface area contributed by atoms with E-state index < -0.39 is 0 Å². The zero-order valence-corrected chi connectivity index (χ0v) is 10.7. The second-order valence-corrected chi connectivity index (χ2v) is 4.38. The van der Waals surface area contributed by atoms with Crippen molar-refractivity contribution in [3.63, 3.8) is 0 Å². The van der Waals surface area contributed by atoms with Crippen molar-refractivity contribution in [1.82, 2.24) is 14.5 Å². The predicted octanol–water partition coefficient (Wildman–Crippen LogP) is 1.86. The Morgan fingerprint density at radius 2 is 2.06 bits per heavy atom. The normalized spacial score (nSPS) is 13.0. The predicted molar refractivity (Wildman–Crippen MR) is 64.6 cm³/mol. The Labute approximate surface area is 101 Å². The Balaban J connectivity index is 2.23. The summed E-state index contributed by atoms with van der Waals surface area (Å²) in [5.41, 5.74) is 7.63. The lowest BCUT2D eigenvalue weighted by atomic mass is 10.3. The van der Waals surface area contributed by atoms with Gasteiger partial charge in [-0.3, -0.25) is 0 Å². The molecule has 17 heavy (non-hydrogen) atoms. The second-order valence-electron chi connectivity index (χ2n) is 4.38. The molecule has 0 aliphatic carbocycles. The number of aromatic nitrogens is 3. The Morgan fingerprint density at radius 1 is 1.35 bits per heavy atom. The van der Waals surface area contributed by atoms with Crippen LogP contribution in [0.15, 0.2) is 10.6 Å². The molecule has 0 fully saturated rings. The van der Waals surface area contributed by atoms with E-state index >= 15 is 0 Å². The zero-order chi connectivity index (χ0) is 12.6. The van der Waals surface area contributed by atoms with Crippen LogP contribution in [-0.4, -0.2) is 14.5 Å². The van der Waals surface area contributed by atoms with Crippen LogP contribution >= 0.6 is 0 Å². The summed E-state index contributed by atoms with van der Waals surface area (Å²) in [5, 5.41) is 0. The number of oxazole rings is 1. The molecule has 2 rings (SSSR count). The minimum atomic E-state index is -0.0528. The lowest BCUT2D eigenvalue weighted by Crippen LogP contribution is -2.05. The van der Waals surface area contributed by atoms with Gasteiger partial charge in [-0.25, -0.2) is 9.97 Å². The van der Waals surface area contributed by atoms with Gasteiger partial charge >= 0.3 is 0 Å². The molecule has 0 aromatic carbocycles. The van der Waals surface area contributed by atoms with Gasteiger partial charge in [-0.2, -0.15) is 0 Å². The van der Waals surface area contributed by atoms with E-state index in [4.69, 9.17) is 10.2 Å². The van der Waals surface area contributed by atoms with Crippen LogP contribution in [-0.2, 0) is 6.54 Å². The van der Waals surface area contributed by atoms with E-state index in [2.05, 4.69) is 9.97 Å². The van der Waals surface area contributed by atoms with Gasteiger partial charge in [0.2, 0.25) is 5.89 Å². The van der Waals surface area contributed by atoms with Crippen LogP contribution in [0.5, 0.6) is 0 Å². The number of nitrogens with zero attached hydrogens (tertiary/aromatic N) is 3. The molecule has 0 saturated heterocycles. The average molecular weight is 234 g/mol. The van der Waals surface area contributed by atoms with Crippen LogP contribution in [0.3, 0.4) is 0 Å². The van der Waals surface area contributed by atoms with Crippen molar-refractivity contribution in [2.45, 2.75) is 40.3 Å². The van der Waals surface area contributed by atoms with Crippen LogP contribution in [0.1, 0.15) is 41.8 Å². The number of aryl methyl sites for hydroxylation is 3. The molecule has 5 heteroatoms. The minimum absolute atomic E-state index is 0.0528. The van der Waals surface area contributed by atoms with E-state index in [1.54, 1.807) is 0 Å². The van der Waals surface area contributed by atoms with Gasteiger partial charge in [-0.15, -0.1) is 0 Å². The first-order chi connectivity index (χ1) is 7.97. The van der Waals surface area contributed by atoms with Gasteiger partial charge in [-0.1, -0.05) is 0 Å². The van der Waals surface area contributed by atoms with E-state index in [-0.39, 0.29) is 6.04 Å². The maximum Gasteiger partial charge on any atom is 0.214 e. The third kappa shape index (κ3) is 2.39. The van der Waals surface area contributed by atoms with Gasteiger partial charge in [0.05, 0.1) is 11.4 Å². The molecule has 5 nitrogen and oxygen atoms in total. The summed E-state index contributed by atoms with van der Waals surface area (Å²) in [6, 6.07) is -0.0528. The van der Waals surface area contributed by atoms with Crippen LogP contribution in [0.4, 0.5) is 0 Å². The van der Waals surface area contributed by atoms with E-state index in [9.17, 15) is 0 Å². The highest BCUT2D eigenvalue weighted by Gasteiger charge is 2.11. The molecule has 0 radical (unpaired) electrons. The molecule has 2 heterocycles. The maximum absolute atomic E-state index is 5.80. The molecule has 2 aromatic rings. The first kappa shape index (κ1) is 11.9. The highest BCUT2D eigenvalue weighted by Crippen LogP contribution is 2.13. The van der Waals surface area contributed by atoms with Crippen molar-refractivity contribution < 1.29 is 4.42 Å². The van der Waals surface area contributed by atoms with Crippen molar-refractivity contribution in [2.75, 3.05) is 0 Å². The Kier molecular flexibility index (Phi) is 3.02. The van der Waals surface area contributed by atoms with Gasteiger partial charge in [0.1, 0.15) is 18.1 Å². The minimum Gasteiger partial charge on any atom is -0.444 e. The fraction of sp³-hybridized carbons (Fsp3) is 0.500. The monoisotopic (exact) mass is 234 g/mol. The molecule has 0 aliphatic heterocycles.